The van der Waals surface area contributed by atoms with Crippen LogP contribution in [0, 0.1) is 0 Å². The second-order valence-electron chi connectivity index (χ2n) is 6.20. The molecule has 0 fully saturated rings. The minimum absolute atomic E-state index is 1.07. The largest absolute Gasteiger partial charge is 0.157 e. The number of thioether (sulfide) groups is 1. The molecule has 0 saturated heterocycles. The Labute approximate surface area is 142 Å². The Morgan fingerprint density at radius 3 is 1.95 bits per heavy atom. The molecule has 0 N–H and O–H groups in total. The van der Waals surface area contributed by atoms with Gasteiger partial charge in [0.15, 0.2) is 0 Å². The molecule has 0 atom stereocenters. The van der Waals surface area contributed by atoms with Crippen LogP contribution in [-0.2, 0) is 0 Å². The molecule has 0 heterocycles. The van der Waals surface area contributed by atoms with Crippen LogP contribution < -0.4 is 0 Å². The summed E-state index contributed by atoms with van der Waals surface area (Å²) >= 11 is 2.03. The molecule has 0 spiro atoms. The van der Waals surface area contributed by atoms with E-state index in [0.717, 1.165) is 5.75 Å². The zero-order valence-corrected chi connectivity index (χ0v) is 15.3. The van der Waals surface area contributed by atoms with Crippen molar-refractivity contribution in [1.82, 2.24) is 0 Å². The lowest BCUT2D eigenvalue weighted by Gasteiger charge is -2.06. The van der Waals surface area contributed by atoms with Gasteiger partial charge in [0.1, 0.15) is 0 Å². The molecule has 0 amide bonds. The fourth-order valence-corrected chi connectivity index (χ4v) is 3.61. The lowest BCUT2D eigenvalue weighted by atomic mass is 10.1. The molecule has 0 unspecified atom stereocenters. The lowest BCUT2D eigenvalue weighted by molar-refractivity contribution is 0.563. The molecule has 0 radical (unpaired) electrons. The second kappa shape index (κ2) is 13.9. The third-order valence-corrected chi connectivity index (χ3v) is 5.23. The lowest BCUT2D eigenvalue weighted by Crippen LogP contribution is -1.89. The van der Waals surface area contributed by atoms with E-state index in [0.29, 0.717) is 0 Å². The van der Waals surface area contributed by atoms with E-state index in [-0.39, 0.29) is 0 Å². The van der Waals surface area contributed by atoms with E-state index in [1.54, 1.807) is 0 Å². The van der Waals surface area contributed by atoms with E-state index in [2.05, 4.69) is 43.8 Å². The third-order valence-electron chi connectivity index (χ3n) is 4.10. The monoisotopic (exact) mass is 318 g/mol. The van der Waals surface area contributed by atoms with Crippen LogP contribution in [0.15, 0.2) is 36.9 Å². The van der Waals surface area contributed by atoms with Crippen LogP contribution in [0.25, 0.3) is 5.57 Å². The fourth-order valence-electron chi connectivity index (χ4n) is 2.64. The summed E-state index contributed by atoms with van der Waals surface area (Å²) in [6.07, 6.45) is 14.2. The topological polar surface area (TPSA) is 0 Å². The minimum atomic E-state index is 1.07. The average molecular weight is 319 g/mol. The van der Waals surface area contributed by atoms with Gasteiger partial charge in [0.25, 0.3) is 0 Å². The molecule has 0 aliphatic heterocycles. The van der Waals surface area contributed by atoms with Gasteiger partial charge in [-0.25, -0.2) is 0 Å². The summed E-state index contributed by atoms with van der Waals surface area (Å²) in [5.74, 6) is 2.35. The first-order chi connectivity index (χ1) is 10.8. The van der Waals surface area contributed by atoms with Crippen LogP contribution in [0.3, 0.4) is 0 Å². The molecule has 0 saturated carbocycles. The van der Waals surface area contributed by atoms with Crippen molar-refractivity contribution in [2.75, 3.05) is 11.5 Å². The molecular weight excluding hydrogens is 284 g/mol. The number of rotatable bonds is 14. The summed E-state index contributed by atoms with van der Waals surface area (Å²) in [6.45, 7) is 6.48. The molecule has 1 aromatic rings. The van der Waals surface area contributed by atoms with Gasteiger partial charge in [-0.15, -0.1) is 0 Å². The van der Waals surface area contributed by atoms with Crippen LogP contribution in [0.5, 0.6) is 0 Å². The molecular formula is C21H34S. The Morgan fingerprint density at radius 2 is 1.36 bits per heavy atom. The molecule has 0 aliphatic rings. The van der Waals surface area contributed by atoms with Gasteiger partial charge in [0.2, 0.25) is 0 Å². The van der Waals surface area contributed by atoms with E-state index < -0.39 is 0 Å². The Kier molecular flexibility index (Phi) is 12.3. The summed E-state index contributed by atoms with van der Waals surface area (Å²) in [4.78, 5) is 0. The van der Waals surface area contributed by atoms with Gasteiger partial charge in [-0.05, 0) is 23.3 Å². The maximum absolute atomic E-state index is 4.19. The van der Waals surface area contributed by atoms with Crippen molar-refractivity contribution in [3.63, 3.8) is 0 Å². The zero-order valence-electron chi connectivity index (χ0n) is 14.5. The maximum Gasteiger partial charge on any atom is 0.0184 e. The fraction of sp³-hybridized carbons (Fsp3) is 0.619. The number of hydrogen-bond acceptors (Lipinski definition) is 1. The highest BCUT2D eigenvalue weighted by atomic mass is 32.2. The first-order valence-electron chi connectivity index (χ1n) is 9.15. The van der Waals surface area contributed by atoms with Gasteiger partial charge in [0.05, 0.1) is 0 Å². The van der Waals surface area contributed by atoms with Gasteiger partial charge >= 0.3 is 0 Å². The van der Waals surface area contributed by atoms with Crippen LogP contribution in [0.4, 0.5) is 0 Å². The standard InChI is InChI=1S/C21H34S/c1-3-4-5-6-7-8-9-10-11-15-18-22-19-20(2)21-16-13-12-14-17-21/h12-14,16-17H,2-11,15,18-19H2,1H3. The predicted octanol–water partition coefficient (Wildman–Crippen LogP) is 7.35. The summed E-state index contributed by atoms with van der Waals surface area (Å²) in [6, 6.07) is 10.6. The first-order valence-corrected chi connectivity index (χ1v) is 10.3. The van der Waals surface area contributed by atoms with Gasteiger partial charge in [-0.2, -0.15) is 11.8 Å². The molecule has 0 nitrogen and oxygen atoms in total. The molecule has 1 rings (SSSR count). The van der Waals surface area contributed by atoms with Crippen LogP contribution in [0.2, 0.25) is 0 Å². The van der Waals surface area contributed by atoms with E-state index >= 15 is 0 Å². The predicted molar refractivity (Wildman–Crippen MR) is 105 cm³/mol. The van der Waals surface area contributed by atoms with Crippen molar-refractivity contribution in [2.45, 2.75) is 71.1 Å². The van der Waals surface area contributed by atoms with E-state index in [1.165, 1.54) is 81.1 Å². The summed E-state index contributed by atoms with van der Waals surface area (Å²) in [5, 5.41) is 0. The van der Waals surface area contributed by atoms with Crippen molar-refractivity contribution in [1.29, 1.82) is 0 Å². The summed E-state index contributed by atoms with van der Waals surface area (Å²) in [5.41, 5.74) is 2.55. The quantitative estimate of drug-likeness (QED) is 0.323. The summed E-state index contributed by atoms with van der Waals surface area (Å²) in [7, 11) is 0. The second-order valence-corrected chi connectivity index (χ2v) is 7.31. The van der Waals surface area contributed by atoms with E-state index in [4.69, 9.17) is 0 Å². The van der Waals surface area contributed by atoms with Crippen LogP contribution >= 0.6 is 11.8 Å². The Morgan fingerprint density at radius 1 is 0.818 bits per heavy atom. The highest BCUT2D eigenvalue weighted by Gasteiger charge is 1.98. The Hall–Kier alpha value is -0.690. The molecule has 22 heavy (non-hydrogen) atoms. The molecule has 1 aromatic carbocycles. The van der Waals surface area contributed by atoms with Crippen molar-refractivity contribution >= 4 is 17.3 Å². The highest BCUT2D eigenvalue weighted by molar-refractivity contribution is 7.99. The Balaban J connectivity index is 1.85. The third kappa shape index (κ3) is 10.1. The molecule has 124 valence electrons. The molecule has 0 aliphatic carbocycles. The van der Waals surface area contributed by atoms with Crippen molar-refractivity contribution in [3.05, 3.63) is 42.5 Å². The van der Waals surface area contributed by atoms with Crippen LogP contribution in [0.1, 0.15) is 76.7 Å². The Bertz CT molecular complexity index is 369. The van der Waals surface area contributed by atoms with Gasteiger partial charge in [-0.1, -0.05) is 102 Å². The minimum Gasteiger partial charge on any atom is -0.157 e. The first kappa shape index (κ1) is 19.4. The number of benzene rings is 1. The average Bonchev–Trinajstić information content (AvgIpc) is 2.56. The molecule has 0 bridgehead atoms. The van der Waals surface area contributed by atoms with E-state index in [1.807, 2.05) is 11.8 Å². The van der Waals surface area contributed by atoms with Crippen molar-refractivity contribution in [2.24, 2.45) is 0 Å². The van der Waals surface area contributed by atoms with E-state index in [9.17, 15) is 0 Å². The molecule has 1 heteroatoms. The highest BCUT2D eigenvalue weighted by Crippen LogP contribution is 2.19. The zero-order chi connectivity index (χ0) is 15.9. The normalized spacial score (nSPS) is 10.8. The van der Waals surface area contributed by atoms with Crippen LogP contribution in [-0.4, -0.2) is 11.5 Å². The number of unbranched alkanes of at least 4 members (excludes halogenated alkanes) is 9. The van der Waals surface area contributed by atoms with Crippen molar-refractivity contribution < 1.29 is 0 Å². The summed E-state index contributed by atoms with van der Waals surface area (Å²) < 4.78 is 0. The van der Waals surface area contributed by atoms with Gasteiger partial charge < -0.3 is 0 Å². The van der Waals surface area contributed by atoms with Gasteiger partial charge in [0, 0.05) is 5.75 Å². The van der Waals surface area contributed by atoms with Crippen molar-refractivity contribution in [3.8, 4) is 0 Å². The number of hydrogen-bond donors (Lipinski definition) is 0. The maximum atomic E-state index is 4.19. The molecule has 0 aromatic heterocycles. The van der Waals surface area contributed by atoms with Gasteiger partial charge in [-0.3, -0.25) is 0 Å². The smallest absolute Gasteiger partial charge is 0.0184 e. The SMILES string of the molecule is C=C(CSCCCCCCCCCCCC)c1ccccc1.